The van der Waals surface area contributed by atoms with Gasteiger partial charge in [-0.15, -0.1) is 0 Å². The first kappa shape index (κ1) is 22.0. The van der Waals surface area contributed by atoms with Gasteiger partial charge in [-0.3, -0.25) is 0 Å². The van der Waals surface area contributed by atoms with Crippen LogP contribution in [0.5, 0.6) is 5.75 Å². The van der Waals surface area contributed by atoms with Crippen molar-refractivity contribution >= 4 is 6.03 Å². The van der Waals surface area contributed by atoms with Gasteiger partial charge in [0.05, 0.1) is 24.9 Å². The van der Waals surface area contributed by atoms with Gasteiger partial charge < -0.3 is 19.5 Å². The number of benzene rings is 2. The highest BCUT2D eigenvalue weighted by Gasteiger charge is 2.52. The van der Waals surface area contributed by atoms with E-state index in [1.54, 1.807) is 0 Å². The fourth-order valence-electron chi connectivity index (χ4n) is 8.17. The summed E-state index contributed by atoms with van der Waals surface area (Å²) in [4.78, 5) is 16.4. The van der Waals surface area contributed by atoms with Crippen molar-refractivity contribution in [2.24, 2.45) is 17.8 Å². The van der Waals surface area contributed by atoms with Gasteiger partial charge in [0.15, 0.2) is 0 Å². The van der Waals surface area contributed by atoms with E-state index in [2.05, 4.69) is 69.5 Å². The lowest BCUT2D eigenvalue weighted by atomic mass is 9.53. The Morgan fingerprint density at radius 3 is 2.33 bits per heavy atom. The summed E-state index contributed by atoms with van der Waals surface area (Å²) in [5.41, 5.74) is 4.52. The fraction of sp³-hybridized carbons (Fsp3) is 0.452. The van der Waals surface area contributed by atoms with E-state index in [0.717, 1.165) is 59.7 Å². The fourth-order valence-corrected chi connectivity index (χ4v) is 8.17. The van der Waals surface area contributed by atoms with Gasteiger partial charge in [-0.05, 0) is 105 Å². The van der Waals surface area contributed by atoms with Crippen LogP contribution in [0.3, 0.4) is 0 Å². The van der Waals surface area contributed by atoms with Crippen molar-refractivity contribution in [3.8, 4) is 11.4 Å². The van der Waals surface area contributed by atoms with Crippen LogP contribution in [0.25, 0.3) is 5.69 Å². The van der Waals surface area contributed by atoms with Gasteiger partial charge in [0.25, 0.3) is 0 Å². The second-order valence-electron chi connectivity index (χ2n) is 11.6. The first-order valence-corrected chi connectivity index (χ1v) is 13.7. The second kappa shape index (κ2) is 8.43. The molecule has 1 aromatic heterocycles. The lowest BCUT2D eigenvalue weighted by Crippen LogP contribution is -2.62. The van der Waals surface area contributed by atoms with Crippen LogP contribution in [0.4, 0.5) is 4.79 Å². The van der Waals surface area contributed by atoms with Crippen LogP contribution in [0.1, 0.15) is 68.3 Å². The number of para-hydroxylation sites is 1. The summed E-state index contributed by atoms with van der Waals surface area (Å²) in [6, 6.07) is 20.9. The lowest BCUT2D eigenvalue weighted by molar-refractivity contribution is -0.0163. The number of urea groups is 1. The van der Waals surface area contributed by atoms with E-state index in [1.165, 1.54) is 24.8 Å². The number of fused-ring (bicyclic) bond motifs is 3. The number of rotatable bonds is 4. The molecule has 4 fully saturated rings. The zero-order valence-electron chi connectivity index (χ0n) is 21.0. The molecule has 3 aromatic rings. The van der Waals surface area contributed by atoms with Crippen molar-refractivity contribution in [3.05, 3.63) is 83.7 Å². The highest BCUT2D eigenvalue weighted by Crippen LogP contribution is 2.55. The first-order chi connectivity index (χ1) is 17.6. The third-order valence-corrected chi connectivity index (χ3v) is 9.14. The Kier molecular flexibility index (Phi) is 5.16. The Labute approximate surface area is 213 Å². The summed E-state index contributed by atoms with van der Waals surface area (Å²) in [7, 11) is 0. The molecule has 1 aliphatic heterocycles. The molecule has 36 heavy (non-hydrogen) atoms. The maximum absolute atomic E-state index is 14.3. The third kappa shape index (κ3) is 3.63. The molecule has 5 aliphatic rings. The van der Waals surface area contributed by atoms with Crippen molar-refractivity contribution in [2.45, 2.75) is 63.6 Å². The van der Waals surface area contributed by atoms with E-state index in [4.69, 9.17) is 4.74 Å². The van der Waals surface area contributed by atoms with E-state index < -0.39 is 0 Å². The zero-order valence-corrected chi connectivity index (χ0v) is 21.0. The van der Waals surface area contributed by atoms with Gasteiger partial charge in [0.2, 0.25) is 0 Å². The molecule has 2 aromatic carbocycles. The minimum Gasteiger partial charge on any atom is -0.494 e. The molecule has 1 atom stereocenters. The van der Waals surface area contributed by atoms with E-state index in [0.29, 0.717) is 13.2 Å². The molecular weight excluding hydrogens is 446 g/mol. The normalized spacial score (nSPS) is 29.9. The molecule has 2 amide bonds. The molecule has 1 unspecified atom stereocenters. The van der Waals surface area contributed by atoms with Gasteiger partial charge in [-0.1, -0.05) is 30.3 Å². The molecule has 4 saturated carbocycles. The number of aromatic nitrogens is 1. The summed E-state index contributed by atoms with van der Waals surface area (Å²) >= 11 is 0. The molecule has 4 bridgehead atoms. The second-order valence-corrected chi connectivity index (χ2v) is 11.6. The van der Waals surface area contributed by atoms with Gasteiger partial charge in [-0.25, -0.2) is 4.79 Å². The molecule has 2 heterocycles. The summed E-state index contributed by atoms with van der Waals surface area (Å²) < 4.78 is 7.97. The number of nitrogens with zero attached hydrogens (tertiary/aromatic N) is 2. The Balaban J connectivity index is 1.28. The van der Waals surface area contributed by atoms with Crippen LogP contribution >= 0.6 is 0 Å². The van der Waals surface area contributed by atoms with E-state index >= 15 is 0 Å². The minimum absolute atomic E-state index is 0.0248. The minimum atomic E-state index is -0.183. The molecule has 4 aliphatic carbocycles. The topological polar surface area (TPSA) is 46.5 Å². The lowest BCUT2D eigenvalue weighted by Gasteiger charge is -2.57. The number of carbonyl (C=O) groups is 1. The van der Waals surface area contributed by atoms with Crippen LogP contribution in [0, 0.1) is 17.8 Å². The predicted molar refractivity (Wildman–Crippen MR) is 140 cm³/mol. The van der Waals surface area contributed by atoms with Gasteiger partial charge in [0.1, 0.15) is 5.75 Å². The molecule has 5 heteroatoms. The summed E-state index contributed by atoms with van der Waals surface area (Å²) in [6.45, 7) is 3.22. The van der Waals surface area contributed by atoms with Crippen LogP contribution in [0.2, 0.25) is 0 Å². The maximum Gasteiger partial charge on any atom is 0.318 e. The average Bonchev–Trinajstić information content (AvgIpc) is 3.28. The number of amides is 2. The molecule has 1 N–H and O–H groups in total. The molecule has 0 spiro atoms. The number of hydrogen-bond acceptors (Lipinski definition) is 2. The monoisotopic (exact) mass is 481 g/mol. The van der Waals surface area contributed by atoms with Crippen molar-refractivity contribution in [3.63, 3.8) is 0 Å². The molecule has 0 radical (unpaired) electrons. The zero-order chi connectivity index (χ0) is 24.3. The Morgan fingerprint density at radius 1 is 0.944 bits per heavy atom. The molecule has 8 rings (SSSR count). The summed E-state index contributed by atoms with van der Waals surface area (Å²) in [5, 5.41) is 3.66. The van der Waals surface area contributed by atoms with E-state index in [9.17, 15) is 4.79 Å². The number of hydrogen-bond donors (Lipinski definition) is 1. The number of nitrogens with one attached hydrogen (secondary N) is 1. The van der Waals surface area contributed by atoms with Gasteiger partial charge in [0, 0.05) is 17.4 Å². The number of carbonyl (C=O) groups excluding carboxylic acids is 1. The van der Waals surface area contributed by atoms with Crippen molar-refractivity contribution < 1.29 is 9.53 Å². The molecule has 0 saturated heterocycles. The Morgan fingerprint density at radius 2 is 1.64 bits per heavy atom. The molecule has 186 valence electrons. The standard InChI is InChI=1S/C31H35N3O2/c1-2-36-26-11-9-24(10-12-26)29-28-8-5-13-33(28)27-7-4-3-6-25(27)20-34(29)30(35)32-31-17-21-14-22(18-31)16-23(15-21)19-31/h3-13,21-23,29H,2,14-20H2,1H3,(H,32,35). The van der Waals surface area contributed by atoms with Crippen LogP contribution in [-0.4, -0.2) is 27.6 Å². The third-order valence-electron chi connectivity index (χ3n) is 9.14. The van der Waals surface area contributed by atoms with Gasteiger partial charge >= 0.3 is 6.03 Å². The first-order valence-electron chi connectivity index (χ1n) is 13.7. The van der Waals surface area contributed by atoms with Crippen molar-refractivity contribution in [1.29, 1.82) is 0 Å². The smallest absolute Gasteiger partial charge is 0.318 e. The number of ether oxygens (including phenoxy) is 1. The summed E-state index contributed by atoms with van der Waals surface area (Å²) in [6.07, 6.45) is 9.69. The largest absolute Gasteiger partial charge is 0.494 e. The summed E-state index contributed by atoms with van der Waals surface area (Å²) in [5.74, 6) is 3.24. The predicted octanol–water partition coefficient (Wildman–Crippen LogP) is 6.46. The molecule has 5 nitrogen and oxygen atoms in total. The highest BCUT2D eigenvalue weighted by atomic mass is 16.5. The Hall–Kier alpha value is -3.21. The van der Waals surface area contributed by atoms with Crippen molar-refractivity contribution in [2.75, 3.05) is 6.61 Å². The average molecular weight is 482 g/mol. The SMILES string of the molecule is CCOc1ccc(C2c3cccn3-c3ccccc3CN2C(=O)NC23CC4CC(CC(C4)C2)C3)cc1. The maximum atomic E-state index is 14.3. The van der Waals surface area contributed by atoms with Gasteiger partial charge in [-0.2, -0.15) is 0 Å². The van der Waals surface area contributed by atoms with Crippen LogP contribution in [-0.2, 0) is 6.54 Å². The molecular formula is C31H35N3O2. The van der Waals surface area contributed by atoms with Crippen molar-refractivity contribution in [1.82, 2.24) is 14.8 Å². The quantitative estimate of drug-likeness (QED) is 0.465. The Bertz CT molecular complexity index is 1240. The van der Waals surface area contributed by atoms with Crippen LogP contribution < -0.4 is 10.1 Å². The van der Waals surface area contributed by atoms with E-state index in [-0.39, 0.29) is 17.6 Å². The van der Waals surface area contributed by atoms with E-state index in [1.807, 2.05) is 19.1 Å². The highest BCUT2D eigenvalue weighted by molar-refractivity contribution is 5.77. The van der Waals surface area contributed by atoms with Crippen LogP contribution in [0.15, 0.2) is 66.9 Å².